The Morgan fingerprint density at radius 3 is 1.98 bits per heavy atom. The summed E-state index contributed by atoms with van der Waals surface area (Å²) in [6, 6.07) is 10.1. The number of anilines is 3. The molecule has 4 amide bonds. The van der Waals surface area contributed by atoms with Gasteiger partial charge >= 0.3 is 0 Å². The predicted octanol–water partition coefficient (Wildman–Crippen LogP) is -2.14. The zero-order valence-electron chi connectivity index (χ0n) is 34.0. The van der Waals surface area contributed by atoms with Crippen molar-refractivity contribution < 1.29 is 83.5 Å². The van der Waals surface area contributed by atoms with Gasteiger partial charge in [0.05, 0.1) is 37.4 Å². The van der Waals surface area contributed by atoms with Crippen LogP contribution in [0.4, 0.5) is 21.2 Å². The maximum absolute atomic E-state index is 16.6. The molecule has 340 valence electrons. The molecule has 0 saturated carbocycles. The highest BCUT2D eigenvalue weighted by Crippen LogP contribution is 2.60. The van der Waals surface area contributed by atoms with Crippen molar-refractivity contribution in [1.82, 2.24) is 4.90 Å². The number of aliphatic hydroxyl groups is 9. The maximum Gasteiger partial charge on any atom is 0.264 e. The highest BCUT2D eigenvalue weighted by atomic mass is 28.4. The zero-order valence-corrected chi connectivity index (χ0v) is 35.0. The van der Waals surface area contributed by atoms with Gasteiger partial charge in [0.1, 0.15) is 36.6 Å². The Morgan fingerprint density at radius 2 is 1.42 bits per heavy atom. The smallest absolute Gasteiger partial charge is 0.264 e. The van der Waals surface area contributed by atoms with Gasteiger partial charge in [-0.1, -0.05) is 19.1 Å². The number of carbonyl (C=O) groups is 4. The summed E-state index contributed by atoms with van der Waals surface area (Å²) in [6.07, 6.45) is -19.0. The van der Waals surface area contributed by atoms with E-state index < -0.39 is 117 Å². The number of nitrogens with one attached hydrogen (secondary N) is 2. The fourth-order valence-corrected chi connectivity index (χ4v) is 12.1. The van der Waals surface area contributed by atoms with Gasteiger partial charge in [-0.3, -0.25) is 19.2 Å². The van der Waals surface area contributed by atoms with E-state index >= 15 is 8.90 Å². The monoisotopic (exact) mass is 892 g/mol. The first kappa shape index (κ1) is 46.0. The summed E-state index contributed by atoms with van der Waals surface area (Å²) in [6.45, 7) is 4.57. The van der Waals surface area contributed by atoms with Gasteiger partial charge in [-0.05, 0) is 61.8 Å². The lowest BCUT2D eigenvalue weighted by atomic mass is 9.82. The van der Waals surface area contributed by atoms with E-state index in [0.717, 1.165) is 0 Å². The summed E-state index contributed by atoms with van der Waals surface area (Å²) < 4.78 is 33.5. The number of carbonyl (C=O) groups excluding carboxylic acids is 4. The largest absolute Gasteiger partial charge is 0.394 e. The number of likely N-dealkylation sites (tertiary alicyclic amines) is 1. The van der Waals surface area contributed by atoms with E-state index in [9.17, 15) is 60.3 Å². The Hall–Kier alpha value is -4.01. The van der Waals surface area contributed by atoms with Gasteiger partial charge in [0.15, 0.2) is 30.4 Å². The van der Waals surface area contributed by atoms with E-state index in [-0.39, 0.29) is 48.1 Å². The molecule has 0 unspecified atom stereocenters. The number of hydrogen-bond donors (Lipinski definition) is 11. The zero-order chi connectivity index (χ0) is 45.2. The SMILES string of the molecule is C[C@H]1[C@H]([Si](C)(C)F)[C@@H](CC(=O)N2CCC[C@H]2CO)O[C@]12C(=O)N(Cc1cccc(NC(=O)[C@H]3O[C@@H](O)[C@H](O)[C@@H](O)[C@@H]3O)c1)c1ccc(NC(=O)[C@H]3O[C@@H](O)[C@H](O)[C@@H](O)[C@@H]3O)cc12. The molecule has 4 fully saturated rings. The summed E-state index contributed by atoms with van der Waals surface area (Å²) in [5.74, 6) is -3.87. The van der Waals surface area contributed by atoms with Crippen LogP contribution in [0.5, 0.6) is 0 Å². The van der Waals surface area contributed by atoms with Gasteiger partial charge in [-0.15, -0.1) is 0 Å². The van der Waals surface area contributed by atoms with Crippen molar-refractivity contribution in [2.45, 2.75) is 131 Å². The molecule has 2 aromatic carbocycles. The molecule has 0 aliphatic carbocycles. The Labute approximate surface area is 355 Å². The van der Waals surface area contributed by atoms with E-state index in [1.54, 1.807) is 24.0 Å². The van der Waals surface area contributed by atoms with E-state index in [1.165, 1.54) is 48.3 Å². The molecule has 2 aromatic rings. The highest BCUT2D eigenvalue weighted by molar-refractivity contribution is 6.72. The molecule has 1 spiro atoms. The van der Waals surface area contributed by atoms with E-state index in [0.29, 0.717) is 24.9 Å². The van der Waals surface area contributed by atoms with Crippen LogP contribution in [0, 0.1) is 5.92 Å². The quantitative estimate of drug-likeness (QED) is 0.0896. The number of aliphatic hydroxyl groups excluding tert-OH is 9. The second-order valence-electron chi connectivity index (χ2n) is 17.2. The molecule has 22 heteroatoms. The number of hydrogen-bond acceptors (Lipinski definition) is 16. The Balaban J connectivity index is 1.22. The summed E-state index contributed by atoms with van der Waals surface area (Å²) in [7, 11) is -3.78. The maximum atomic E-state index is 16.6. The molecule has 5 aliphatic heterocycles. The number of nitrogens with zero attached hydrogens (tertiary/aromatic N) is 2. The Kier molecular flexibility index (Phi) is 13.0. The molecular weight excluding hydrogens is 840 g/mol. The average Bonchev–Trinajstić information content (AvgIpc) is 3.89. The molecule has 4 saturated heterocycles. The minimum atomic E-state index is -3.78. The van der Waals surface area contributed by atoms with Crippen molar-refractivity contribution >= 4 is 49.1 Å². The molecule has 62 heavy (non-hydrogen) atoms. The first-order valence-electron chi connectivity index (χ1n) is 20.4. The number of ether oxygens (including phenoxy) is 3. The van der Waals surface area contributed by atoms with Gasteiger partial charge in [0.25, 0.3) is 17.7 Å². The third kappa shape index (κ3) is 8.17. The van der Waals surface area contributed by atoms with Crippen molar-refractivity contribution in [2.24, 2.45) is 5.92 Å². The van der Waals surface area contributed by atoms with E-state index in [1.807, 2.05) is 0 Å². The fourth-order valence-electron chi connectivity index (χ4n) is 9.64. The Bertz CT molecular complexity index is 2050. The van der Waals surface area contributed by atoms with Crippen LogP contribution in [0.15, 0.2) is 42.5 Å². The van der Waals surface area contributed by atoms with Crippen LogP contribution in [0.2, 0.25) is 18.6 Å². The van der Waals surface area contributed by atoms with Crippen molar-refractivity contribution in [3.8, 4) is 0 Å². The normalized spacial score (nSPS) is 37.1. The van der Waals surface area contributed by atoms with Crippen LogP contribution in [-0.4, -0.2) is 170 Å². The van der Waals surface area contributed by atoms with Crippen LogP contribution < -0.4 is 15.5 Å². The number of amides is 4. The predicted molar refractivity (Wildman–Crippen MR) is 214 cm³/mol. The average molecular weight is 893 g/mol. The second kappa shape index (κ2) is 17.5. The van der Waals surface area contributed by atoms with Crippen molar-refractivity contribution in [3.05, 3.63) is 53.6 Å². The topological polar surface area (TPSA) is 309 Å². The summed E-state index contributed by atoms with van der Waals surface area (Å²) in [5, 5.41) is 95.9. The number of fused-ring (bicyclic) bond motifs is 2. The minimum absolute atomic E-state index is 0.0414. The molecule has 7 rings (SSSR count). The molecule has 5 aliphatic rings. The van der Waals surface area contributed by atoms with Gasteiger partial charge in [-0.25, -0.2) is 0 Å². The van der Waals surface area contributed by atoms with Gasteiger partial charge in [0.2, 0.25) is 14.3 Å². The molecule has 5 heterocycles. The molecule has 11 N–H and O–H groups in total. The van der Waals surface area contributed by atoms with Crippen LogP contribution in [0.1, 0.15) is 37.3 Å². The summed E-state index contributed by atoms with van der Waals surface area (Å²) in [4.78, 5) is 58.4. The molecule has 20 nitrogen and oxygen atoms in total. The number of rotatable bonds is 10. The lowest BCUT2D eigenvalue weighted by Gasteiger charge is -2.37. The summed E-state index contributed by atoms with van der Waals surface area (Å²) >= 11 is 0. The minimum Gasteiger partial charge on any atom is -0.394 e. The van der Waals surface area contributed by atoms with Crippen LogP contribution in [0.25, 0.3) is 0 Å². The van der Waals surface area contributed by atoms with Gasteiger partial charge in [-0.2, -0.15) is 0 Å². The lowest BCUT2D eigenvalue weighted by molar-refractivity contribution is -0.274. The molecule has 15 atom stereocenters. The van der Waals surface area contributed by atoms with E-state index in [2.05, 4.69) is 10.6 Å². The third-order valence-corrected chi connectivity index (χ3v) is 15.2. The lowest BCUT2D eigenvalue weighted by Crippen LogP contribution is -2.60. The van der Waals surface area contributed by atoms with Crippen molar-refractivity contribution in [3.63, 3.8) is 0 Å². The number of halogens is 1. The van der Waals surface area contributed by atoms with Crippen molar-refractivity contribution in [1.29, 1.82) is 0 Å². The fraction of sp³-hybridized carbons (Fsp3) is 0.600. The second-order valence-corrected chi connectivity index (χ2v) is 21.0. The first-order chi connectivity index (χ1) is 29.2. The molecule has 0 bridgehead atoms. The van der Waals surface area contributed by atoms with Crippen LogP contribution in [-0.2, 0) is 45.5 Å². The van der Waals surface area contributed by atoms with Crippen LogP contribution in [0.3, 0.4) is 0 Å². The standard InChI is InChI=1S/C40H53FN4O16Si/c1-17-34(62(2,3)41)24(14-25(47)44-11-5-8-21(44)16-46)61-40(17)22-13-20(43-36(55)33-29(51)27(49)31(53)38(57)60-33)9-10-23(22)45(39(40)58)15-18-6-4-7-19(12-18)42-35(54)32-28(50)26(48)30(52)37(56)59-32/h4,6-7,9-10,12-13,17,21,24,26-34,37-38,46,48-53,56-57H,5,8,11,14-16H2,1-3H3,(H,42,54)(H,43,55)/t17-,21-,24+,26-,27-,28-,29-,30+,31+,32-,33-,34-,37+,38+,40+/m0/s1. The molecular formula is C40H53FN4O16Si. The third-order valence-electron chi connectivity index (χ3n) is 12.7. The highest BCUT2D eigenvalue weighted by Gasteiger charge is 2.67. The number of benzene rings is 2. The molecule has 0 aromatic heterocycles. The van der Waals surface area contributed by atoms with E-state index in [4.69, 9.17) is 14.2 Å². The molecule has 0 radical (unpaired) electrons. The van der Waals surface area contributed by atoms with Gasteiger partial charge in [0, 0.05) is 34.9 Å². The Morgan fingerprint density at radius 1 is 0.839 bits per heavy atom. The van der Waals surface area contributed by atoms with Crippen molar-refractivity contribution in [2.75, 3.05) is 28.7 Å². The van der Waals surface area contributed by atoms with Gasteiger partial charge < -0.3 is 84.7 Å². The first-order valence-corrected chi connectivity index (χ1v) is 23.3. The van der Waals surface area contributed by atoms with Crippen LogP contribution >= 0.6 is 0 Å². The summed E-state index contributed by atoms with van der Waals surface area (Å²) in [5.41, 5.74) is -1.71.